The molecular formula is C21H23ClN4O. The van der Waals surface area contributed by atoms with E-state index in [9.17, 15) is 0 Å². The Bertz CT molecular complexity index is 882. The molecule has 0 saturated heterocycles. The molecule has 6 heteroatoms. The van der Waals surface area contributed by atoms with Gasteiger partial charge in [0.2, 0.25) is 5.88 Å². The molecular weight excluding hydrogens is 360 g/mol. The Morgan fingerprint density at radius 2 is 2.00 bits per heavy atom. The molecule has 0 radical (unpaired) electrons. The molecule has 1 unspecified atom stereocenters. The second-order valence-electron chi connectivity index (χ2n) is 6.81. The molecule has 1 aromatic carbocycles. The molecule has 0 aliphatic carbocycles. The minimum atomic E-state index is 0.511. The van der Waals surface area contributed by atoms with E-state index < -0.39 is 0 Å². The van der Waals surface area contributed by atoms with E-state index in [1.807, 2.05) is 36.4 Å². The zero-order valence-corrected chi connectivity index (χ0v) is 15.9. The number of rotatable bonds is 7. The maximum atomic E-state index is 6.27. The Kier molecular flexibility index (Phi) is 5.58. The molecule has 2 N–H and O–H groups in total. The van der Waals surface area contributed by atoms with Gasteiger partial charge in [-0.25, -0.2) is 4.98 Å². The van der Waals surface area contributed by atoms with Gasteiger partial charge in [-0.3, -0.25) is 5.10 Å². The van der Waals surface area contributed by atoms with E-state index in [-0.39, 0.29) is 0 Å². The van der Waals surface area contributed by atoms with Crippen molar-refractivity contribution < 1.29 is 4.74 Å². The minimum Gasteiger partial charge on any atom is -0.478 e. The Hall–Kier alpha value is -2.53. The summed E-state index contributed by atoms with van der Waals surface area (Å²) in [5.74, 6) is 0.648. The van der Waals surface area contributed by atoms with E-state index in [4.69, 9.17) is 16.3 Å². The number of aromatic amines is 1. The van der Waals surface area contributed by atoms with E-state index in [1.54, 1.807) is 6.20 Å². The first-order valence-corrected chi connectivity index (χ1v) is 9.81. The van der Waals surface area contributed by atoms with Gasteiger partial charge in [0.25, 0.3) is 0 Å². The number of halogens is 1. The molecule has 0 bridgehead atoms. The number of H-pyrrole nitrogens is 1. The molecule has 4 rings (SSSR count). The lowest BCUT2D eigenvalue weighted by Gasteiger charge is -2.27. The predicted molar refractivity (Wildman–Crippen MR) is 108 cm³/mol. The van der Waals surface area contributed by atoms with Crippen LogP contribution in [-0.2, 0) is 6.42 Å². The van der Waals surface area contributed by atoms with Crippen molar-refractivity contribution in [2.45, 2.75) is 38.1 Å². The lowest BCUT2D eigenvalue weighted by molar-refractivity contribution is 0.292. The van der Waals surface area contributed by atoms with Gasteiger partial charge in [-0.2, -0.15) is 5.10 Å². The third-order valence-corrected chi connectivity index (χ3v) is 5.26. The van der Waals surface area contributed by atoms with Crippen molar-refractivity contribution >= 4 is 17.3 Å². The molecule has 5 nitrogen and oxygen atoms in total. The predicted octanol–water partition coefficient (Wildman–Crippen LogP) is 5.10. The topological polar surface area (TPSA) is 62.8 Å². The van der Waals surface area contributed by atoms with Crippen molar-refractivity contribution in [3.8, 4) is 17.3 Å². The molecule has 0 spiro atoms. The average Bonchev–Trinajstić information content (AvgIpc) is 3.23. The molecule has 3 aromatic rings. The summed E-state index contributed by atoms with van der Waals surface area (Å²) in [7, 11) is 0. The SMILES string of the molecule is Clc1cccc2c1CCC(CCCCOc1cccc(-c3cc[nH]n3)n1)N2. The van der Waals surface area contributed by atoms with Crippen molar-refractivity contribution in [1.82, 2.24) is 15.2 Å². The summed E-state index contributed by atoms with van der Waals surface area (Å²) in [4.78, 5) is 4.51. The van der Waals surface area contributed by atoms with Gasteiger partial charge >= 0.3 is 0 Å². The second kappa shape index (κ2) is 8.44. The Morgan fingerprint density at radius 3 is 2.89 bits per heavy atom. The summed E-state index contributed by atoms with van der Waals surface area (Å²) in [6.45, 7) is 0.673. The van der Waals surface area contributed by atoms with Crippen LogP contribution in [-0.4, -0.2) is 27.8 Å². The van der Waals surface area contributed by atoms with Gasteiger partial charge in [0.05, 0.1) is 12.3 Å². The van der Waals surface area contributed by atoms with Crippen LogP contribution in [0.4, 0.5) is 5.69 Å². The van der Waals surface area contributed by atoms with E-state index >= 15 is 0 Å². The molecule has 1 aliphatic rings. The van der Waals surface area contributed by atoms with Gasteiger partial charge in [-0.15, -0.1) is 0 Å². The van der Waals surface area contributed by atoms with Crippen LogP contribution in [0, 0.1) is 0 Å². The van der Waals surface area contributed by atoms with Gasteiger partial charge in [0.15, 0.2) is 0 Å². The van der Waals surface area contributed by atoms with Crippen molar-refractivity contribution in [2.75, 3.05) is 11.9 Å². The summed E-state index contributed by atoms with van der Waals surface area (Å²) < 4.78 is 5.82. The molecule has 2 aromatic heterocycles. The molecule has 0 saturated carbocycles. The number of nitrogens with zero attached hydrogens (tertiary/aromatic N) is 2. The van der Waals surface area contributed by atoms with E-state index in [0.717, 1.165) is 48.5 Å². The molecule has 140 valence electrons. The number of hydrogen-bond donors (Lipinski definition) is 2. The number of ether oxygens (including phenoxy) is 1. The number of aromatic nitrogens is 3. The summed E-state index contributed by atoms with van der Waals surface area (Å²) in [6.07, 6.45) is 7.23. The van der Waals surface area contributed by atoms with Crippen LogP contribution in [0.3, 0.4) is 0 Å². The largest absolute Gasteiger partial charge is 0.478 e. The summed E-state index contributed by atoms with van der Waals surface area (Å²) in [5, 5.41) is 11.4. The van der Waals surface area contributed by atoms with Crippen molar-refractivity contribution in [1.29, 1.82) is 0 Å². The summed E-state index contributed by atoms with van der Waals surface area (Å²) >= 11 is 6.27. The summed E-state index contributed by atoms with van der Waals surface area (Å²) in [6, 6.07) is 14.3. The Balaban J connectivity index is 1.21. The maximum Gasteiger partial charge on any atom is 0.213 e. The van der Waals surface area contributed by atoms with E-state index in [2.05, 4.69) is 26.6 Å². The van der Waals surface area contributed by atoms with Crippen LogP contribution < -0.4 is 10.1 Å². The molecule has 0 amide bonds. The van der Waals surface area contributed by atoms with Crippen molar-refractivity contribution in [2.24, 2.45) is 0 Å². The average molecular weight is 383 g/mol. The van der Waals surface area contributed by atoms with Gasteiger partial charge in [0.1, 0.15) is 5.69 Å². The highest BCUT2D eigenvalue weighted by atomic mass is 35.5. The number of hydrogen-bond acceptors (Lipinski definition) is 4. The normalized spacial score (nSPS) is 15.8. The van der Waals surface area contributed by atoms with Crippen LogP contribution in [0.25, 0.3) is 11.4 Å². The molecule has 27 heavy (non-hydrogen) atoms. The standard InChI is InChI=1S/C21H23ClN4O/c22-17-6-3-7-18-16(17)11-10-15(24-18)5-1-2-14-27-21-9-4-8-19(25-21)20-12-13-23-26-20/h3-4,6-9,12-13,15,24H,1-2,5,10-11,14H2,(H,23,26). The van der Waals surface area contributed by atoms with Crippen LogP contribution in [0.5, 0.6) is 5.88 Å². The van der Waals surface area contributed by atoms with Crippen LogP contribution in [0.15, 0.2) is 48.7 Å². The number of anilines is 1. The van der Waals surface area contributed by atoms with Crippen LogP contribution in [0.2, 0.25) is 5.02 Å². The van der Waals surface area contributed by atoms with Crippen LogP contribution in [0.1, 0.15) is 31.2 Å². The fraction of sp³-hybridized carbons (Fsp3) is 0.333. The lowest BCUT2D eigenvalue weighted by Crippen LogP contribution is -2.25. The molecule has 0 fully saturated rings. The maximum absolute atomic E-state index is 6.27. The number of unbranched alkanes of at least 4 members (excludes halogenated alkanes) is 1. The lowest BCUT2D eigenvalue weighted by atomic mass is 9.95. The number of nitrogens with one attached hydrogen (secondary N) is 2. The molecule has 3 heterocycles. The minimum absolute atomic E-state index is 0.511. The molecule has 1 aliphatic heterocycles. The van der Waals surface area contributed by atoms with Gasteiger partial charge in [0, 0.05) is 29.0 Å². The number of pyridine rings is 1. The smallest absolute Gasteiger partial charge is 0.213 e. The quantitative estimate of drug-likeness (QED) is 0.558. The van der Waals surface area contributed by atoms with Gasteiger partial charge in [-0.05, 0) is 61.9 Å². The highest BCUT2D eigenvalue weighted by Crippen LogP contribution is 2.31. The Morgan fingerprint density at radius 1 is 1.07 bits per heavy atom. The van der Waals surface area contributed by atoms with Crippen molar-refractivity contribution in [3.05, 3.63) is 59.2 Å². The third-order valence-electron chi connectivity index (χ3n) is 4.90. The van der Waals surface area contributed by atoms with Crippen LogP contribution >= 0.6 is 11.6 Å². The Labute approximate surface area is 164 Å². The fourth-order valence-corrected chi connectivity index (χ4v) is 3.75. The highest BCUT2D eigenvalue weighted by molar-refractivity contribution is 6.31. The fourth-order valence-electron chi connectivity index (χ4n) is 3.49. The van der Waals surface area contributed by atoms with Gasteiger partial charge in [-0.1, -0.05) is 23.7 Å². The zero-order valence-electron chi connectivity index (χ0n) is 15.1. The number of benzene rings is 1. The summed E-state index contributed by atoms with van der Waals surface area (Å²) in [5.41, 5.74) is 4.08. The zero-order chi connectivity index (χ0) is 18.5. The van der Waals surface area contributed by atoms with E-state index in [0.29, 0.717) is 18.5 Å². The first-order valence-electron chi connectivity index (χ1n) is 9.43. The second-order valence-corrected chi connectivity index (χ2v) is 7.22. The molecule has 1 atom stereocenters. The number of fused-ring (bicyclic) bond motifs is 1. The first kappa shape index (κ1) is 17.9. The monoisotopic (exact) mass is 382 g/mol. The van der Waals surface area contributed by atoms with Gasteiger partial charge < -0.3 is 10.1 Å². The third kappa shape index (κ3) is 4.42. The highest BCUT2D eigenvalue weighted by Gasteiger charge is 2.18. The van der Waals surface area contributed by atoms with E-state index in [1.165, 1.54) is 11.3 Å². The first-order chi connectivity index (χ1) is 13.3. The van der Waals surface area contributed by atoms with Crippen molar-refractivity contribution in [3.63, 3.8) is 0 Å².